The van der Waals surface area contributed by atoms with Gasteiger partial charge in [0.15, 0.2) is 5.16 Å². The van der Waals surface area contributed by atoms with Gasteiger partial charge in [-0.3, -0.25) is 9.55 Å². The van der Waals surface area contributed by atoms with Crippen LogP contribution in [0.25, 0.3) is 5.69 Å². The van der Waals surface area contributed by atoms with Gasteiger partial charge >= 0.3 is 12.1 Å². The fourth-order valence-electron chi connectivity index (χ4n) is 4.42. The molecule has 0 radical (unpaired) electrons. The number of hydrogen-bond donors (Lipinski definition) is 1. The van der Waals surface area contributed by atoms with E-state index < -0.39 is 12.1 Å². The number of pyridine rings is 1. The molecule has 1 aliphatic carbocycles. The summed E-state index contributed by atoms with van der Waals surface area (Å²) in [7, 11) is 1.60. The maximum absolute atomic E-state index is 14.2. The summed E-state index contributed by atoms with van der Waals surface area (Å²) in [4.78, 5) is 18.0. The number of alkyl halides is 3. The van der Waals surface area contributed by atoms with E-state index in [0.717, 1.165) is 47.1 Å². The van der Waals surface area contributed by atoms with Gasteiger partial charge in [0, 0.05) is 23.6 Å². The van der Waals surface area contributed by atoms with Gasteiger partial charge in [0.2, 0.25) is 0 Å². The standard InChI is InChI=1S/C26H22ClF2N3OS.C2HF3O2/c1-33-24-14-16(7-12-20(24)27)19-4-2-6-22-25(19)32(18-10-8-17(28)9-11-18)26(31-22)34-15-23-21(29)5-3-13-30-23;3-2(4,5)1(6)7/h3,5,7-14,19H,2,4,6,15H2,1H3;(H,6,7). The number of fused-ring (bicyclic) bond motifs is 1. The molecule has 13 heteroatoms. The Hall–Kier alpha value is -3.64. The average Bonchev–Trinajstić information content (AvgIpc) is 3.32. The molecule has 1 atom stereocenters. The summed E-state index contributed by atoms with van der Waals surface area (Å²) in [6.45, 7) is 0. The number of aromatic nitrogens is 3. The molecule has 2 aromatic heterocycles. The minimum Gasteiger partial charge on any atom is -0.495 e. The number of nitrogens with zero attached hydrogens (tertiary/aromatic N) is 3. The molecule has 6 nitrogen and oxygen atoms in total. The van der Waals surface area contributed by atoms with E-state index in [-0.39, 0.29) is 17.6 Å². The second-order valence-corrected chi connectivity index (χ2v) is 10.3. The molecule has 1 N–H and O–H groups in total. The predicted molar refractivity (Wildman–Crippen MR) is 144 cm³/mol. The van der Waals surface area contributed by atoms with E-state index in [2.05, 4.69) is 9.55 Å². The molecule has 0 saturated carbocycles. The number of carboxylic acids is 1. The number of aryl methyl sites for hydroxylation is 1. The number of methoxy groups -OCH3 is 1. The first-order chi connectivity index (χ1) is 19.5. The van der Waals surface area contributed by atoms with Gasteiger partial charge in [-0.2, -0.15) is 13.2 Å². The minimum atomic E-state index is -5.08. The number of benzene rings is 2. The number of rotatable bonds is 6. The quantitative estimate of drug-likeness (QED) is 0.179. The van der Waals surface area contributed by atoms with E-state index >= 15 is 0 Å². The molecule has 1 aliphatic rings. The number of thioether (sulfide) groups is 1. The molecule has 0 amide bonds. The van der Waals surface area contributed by atoms with Gasteiger partial charge in [0.1, 0.15) is 17.4 Å². The van der Waals surface area contributed by atoms with Crippen LogP contribution in [0.3, 0.4) is 0 Å². The van der Waals surface area contributed by atoms with E-state index in [1.807, 2.05) is 18.2 Å². The number of carboxylic acid groups (broad SMARTS) is 1. The molecule has 0 spiro atoms. The number of ether oxygens (including phenoxy) is 1. The maximum Gasteiger partial charge on any atom is 0.490 e. The van der Waals surface area contributed by atoms with Crippen molar-refractivity contribution in [1.29, 1.82) is 0 Å². The highest BCUT2D eigenvalue weighted by Gasteiger charge is 2.38. The Bertz CT molecular complexity index is 1530. The van der Waals surface area contributed by atoms with Crippen LogP contribution in [-0.4, -0.2) is 38.9 Å². The van der Waals surface area contributed by atoms with Crippen LogP contribution in [0.4, 0.5) is 22.0 Å². The fraction of sp³-hybridized carbons (Fsp3) is 0.250. The van der Waals surface area contributed by atoms with Gasteiger partial charge in [-0.25, -0.2) is 18.6 Å². The van der Waals surface area contributed by atoms with Crippen molar-refractivity contribution in [2.45, 2.75) is 42.3 Å². The highest BCUT2D eigenvalue weighted by molar-refractivity contribution is 7.98. The van der Waals surface area contributed by atoms with Crippen LogP contribution in [-0.2, 0) is 17.0 Å². The second kappa shape index (κ2) is 12.9. The molecule has 1 unspecified atom stereocenters. The first-order valence-corrected chi connectivity index (χ1v) is 13.6. The van der Waals surface area contributed by atoms with Gasteiger partial charge in [-0.15, -0.1) is 0 Å². The molecule has 4 aromatic rings. The molecule has 216 valence electrons. The smallest absolute Gasteiger partial charge is 0.490 e. The predicted octanol–water partition coefficient (Wildman–Crippen LogP) is 7.60. The van der Waals surface area contributed by atoms with Crippen LogP contribution in [0, 0.1) is 11.6 Å². The Balaban J connectivity index is 0.000000493. The summed E-state index contributed by atoms with van der Waals surface area (Å²) in [6, 6.07) is 15.2. The van der Waals surface area contributed by atoms with Crippen LogP contribution >= 0.6 is 23.4 Å². The van der Waals surface area contributed by atoms with E-state index in [0.29, 0.717) is 22.2 Å². The molecule has 2 aromatic carbocycles. The number of hydrogen-bond acceptors (Lipinski definition) is 5. The third-order valence-electron chi connectivity index (χ3n) is 6.27. The van der Waals surface area contributed by atoms with E-state index in [4.69, 9.17) is 31.2 Å². The summed E-state index contributed by atoms with van der Waals surface area (Å²) < 4.78 is 67.2. The minimum absolute atomic E-state index is 0.0633. The molecule has 41 heavy (non-hydrogen) atoms. The number of imidazole rings is 1. The van der Waals surface area contributed by atoms with E-state index in [9.17, 15) is 22.0 Å². The number of carbonyl (C=O) groups is 1. The lowest BCUT2D eigenvalue weighted by atomic mass is 9.84. The van der Waals surface area contributed by atoms with Gasteiger partial charge in [-0.05, 0) is 73.4 Å². The van der Waals surface area contributed by atoms with Crippen molar-refractivity contribution < 1.29 is 36.6 Å². The van der Waals surface area contributed by atoms with Crippen LogP contribution in [0.5, 0.6) is 5.75 Å². The van der Waals surface area contributed by atoms with Crippen LogP contribution < -0.4 is 4.74 Å². The van der Waals surface area contributed by atoms with Crippen molar-refractivity contribution in [2.75, 3.05) is 7.11 Å². The molecule has 0 aliphatic heterocycles. The monoisotopic (exact) mass is 611 g/mol. The van der Waals surface area contributed by atoms with Crippen LogP contribution in [0.2, 0.25) is 5.02 Å². The Morgan fingerprint density at radius 1 is 1.17 bits per heavy atom. The van der Waals surface area contributed by atoms with Crippen LogP contribution in [0.1, 0.15) is 41.4 Å². The number of aliphatic carboxylic acids is 1. The molecular weight excluding hydrogens is 589 g/mol. The van der Waals surface area contributed by atoms with Crippen molar-refractivity contribution >= 4 is 29.3 Å². The Morgan fingerprint density at radius 3 is 2.51 bits per heavy atom. The topological polar surface area (TPSA) is 77.2 Å². The molecule has 2 heterocycles. The Morgan fingerprint density at radius 2 is 1.88 bits per heavy atom. The van der Waals surface area contributed by atoms with Crippen molar-refractivity contribution in [3.8, 4) is 11.4 Å². The Labute approximate surface area is 241 Å². The fourth-order valence-corrected chi connectivity index (χ4v) is 5.60. The molecule has 0 saturated heterocycles. The third-order valence-corrected chi connectivity index (χ3v) is 7.53. The molecule has 0 bridgehead atoms. The summed E-state index contributed by atoms with van der Waals surface area (Å²) in [5.41, 5.74) is 4.33. The lowest BCUT2D eigenvalue weighted by Crippen LogP contribution is -2.21. The average molecular weight is 612 g/mol. The van der Waals surface area contributed by atoms with Crippen molar-refractivity contribution in [2.24, 2.45) is 0 Å². The molecule has 5 rings (SSSR count). The van der Waals surface area contributed by atoms with Gasteiger partial charge in [-0.1, -0.05) is 29.4 Å². The SMILES string of the molecule is COc1cc(C2CCCc3nc(SCc4ncccc4F)n(-c4ccc(F)cc4)c32)ccc1Cl.O=C(O)C(F)(F)F. The summed E-state index contributed by atoms with van der Waals surface area (Å²) >= 11 is 7.70. The lowest BCUT2D eigenvalue weighted by Gasteiger charge is -2.25. The van der Waals surface area contributed by atoms with Crippen molar-refractivity contribution in [3.05, 3.63) is 100 Å². The van der Waals surface area contributed by atoms with Crippen molar-refractivity contribution in [3.63, 3.8) is 0 Å². The van der Waals surface area contributed by atoms with E-state index in [1.165, 1.54) is 30.0 Å². The first-order valence-electron chi connectivity index (χ1n) is 12.2. The zero-order chi connectivity index (χ0) is 29.7. The zero-order valence-electron chi connectivity index (χ0n) is 21.5. The Kier molecular flexibility index (Phi) is 9.54. The highest BCUT2D eigenvalue weighted by atomic mass is 35.5. The molecular formula is C28H23ClF5N3O3S. The highest BCUT2D eigenvalue weighted by Crippen LogP contribution is 2.42. The summed E-state index contributed by atoms with van der Waals surface area (Å²) in [6.07, 6.45) is -0.734. The van der Waals surface area contributed by atoms with E-state index in [1.54, 1.807) is 31.5 Å². The largest absolute Gasteiger partial charge is 0.495 e. The second-order valence-electron chi connectivity index (χ2n) is 8.90. The van der Waals surface area contributed by atoms with Crippen molar-refractivity contribution in [1.82, 2.24) is 14.5 Å². The normalized spacial score (nSPS) is 14.6. The van der Waals surface area contributed by atoms with Crippen LogP contribution in [0.15, 0.2) is 66.0 Å². The first kappa shape index (κ1) is 30.3. The van der Waals surface area contributed by atoms with Gasteiger partial charge in [0.05, 0.1) is 29.2 Å². The zero-order valence-corrected chi connectivity index (χ0v) is 23.0. The van der Waals surface area contributed by atoms with Gasteiger partial charge < -0.3 is 9.84 Å². The lowest BCUT2D eigenvalue weighted by molar-refractivity contribution is -0.192. The maximum atomic E-state index is 14.2. The molecule has 0 fully saturated rings. The summed E-state index contributed by atoms with van der Waals surface area (Å²) in [5, 5.41) is 8.41. The summed E-state index contributed by atoms with van der Waals surface area (Å²) in [5.74, 6) is -2.38. The number of halogens is 6. The van der Waals surface area contributed by atoms with Gasteiger partial charge in [0.25, 0.3) is 0 Å². The third kappa shape index (κ3) is 7.17.